The summed E-state index contributed by atoms with van der Waals surface area (Å²) < 4.78 is 0. The van der Waals surface area contributed by atoms with Crippen molar-refractivity contribution in [2.45, 2.75) is 19.3 Å². The Balaban J connectivity index is 1.78. The fourth-order valence-electron chi connectivity index (χ4n) is 3.02. The first-order valence-electron chi connectivity index (χ1n) is 7.58. The van der Waals surface area contributed by atoms with Crippen molar-refractivity contribution in [2.75, 3.05) is 24.5 Å². The Morgan fingerprint density at radius 1 is 1.00 bits per heavy atom. The summed E-state index contributed by atoms with van der Waals surface area (Å²) in [6.45, 7) is 2.73. The molecule has 3 rings (SSSR count). The lowest BCUT2D eigenvalue weighted by Gasteiger charge is -2.23. The molecule has 2 nitrogen and oxygen atoms in total. The van der Waals surface area contributed by atoms with E-state index >= 15 is 0 Å². The first-order valence-corrected chi connectivity index (χ1v) is 7.96. The zero-order valence-electron chi connectivity index (χ0n) is 12.2. The van der Waals surface area contributed by atoms with Gasteiger partial charge in [-0.25, -0.2) is 0 Å². The van der Waals surface area contributed by atoms with Crippen molar-refractivity contribution in [1.82, 2.24) is 0 Å². The van der Waals surface area contributed by atoms with Crippen molar-refractivity contribution < 1.29 is 0 Å². The summed E-state index contributed by atoms with van der Waals surface area (Å²) in [5.74, 6) is 0. The molecule has 2 N–H and O–H groups in total. The molecule has 110 valence electrons. The standard InChI is InChI=1S/C18H21ClN2/c19-18-13-17(6-5-16(18)7-10-20)21-11-8-14-3-1-2-4-15(14)9-12-21/h1-6,13H,7-12,20H2. The zero-order valence-corrected chi connectivity index (χ0v) is 12.9. The number of hydrogen-bond acceptors (Lipinski definition) is 2. The van der Waals surface area contributed by atoms with Gasteiger partial charge in [-0.15, -0.1) is 0 Å². The van der Waals surface area contributed by atoms with Gasteiger partial charge < -0.3 is 10.6 Å². The lowest BCUT2D eigenvalue weighted by molar-refractivity contribution is 0.805. The lowest BCUT2D eigenvalue weighted by atomic mass is 10.0. The third-order valence-electron chi connectivity index (χ3n) is 4.24. The summed E-state index contributed by atoms with van der Waals surface area (Å²) in [6, 6.07) is 15.1. The minimum atomic E-state index is 0.637. The van der Waals surface area contributed by atoms with E-state index in [2.05, 4.69) is 47.4 Å². The van der Waals surface area contributed by atoms with Gasteiger partial charge in [0.25, 0.3) is 0 Å². The van der Waals surface area contributed by atoms with E-state index in [0.29, 0.717) is 6.54 Å². The average Bonchev–Trinajstić information content (AvgIpc) is 2.72. The van der Waals surface area contributed by atoms with E-state index in [1.54, 1.807) is 0 Å². The van der Waals surface area contributed by atoms with Gasteiger partial charge in [-0.2, -0.15) is 0 Å². The second-order valence-electron chi connectivity index (χ2n) is 5.57. The Bertz CT molecular complexity index is 597. The van der Waals surface area contributed by atoms with Crippen LogP contribution in [0, 0.1) is 0 Å². The van der Waals surface area contributed by atoms with Crippen LogP contribution in [0.3, 0.4) is 0 Å². The van der Waals surface area contributed by atoms with Crippen molar-refractivity contribution >= 4 is 17.3 Å². The number of anilines is 1. The Kier molecular flexibility index (Phi) is 4.47. The van der Waals surface area contributed by atoms with E-state index < -0.39 is 0 Å². The van der Waals surface area contributed by atoms with Crippen molar-refractivity contribution in [3.8, 4) is 0 Å². The van der Waals surface area contributed by atoms with Gasteiger partial charge in [0.1, 0.15) is 0 Å². The highest BCUT2D eigenvalue weighted by atomic mass is 35.5. The van der Waals surface area contributed by atoms with Crippen molar-refractivity contribution in [3.63, 3.8) is 0 Å². The van der Waals surface area contributed by atoms with Crippen molar-refractivity contribution in [2.24, 2.45) is 5.73 Å². The van der Waals surface area contributed by atoms with Crippen LogP contribution in [-0.4, -0.2) is 19.6 Å². The molecule has 1 aliphatic heterocycles. The summed E-state index contributed by atoms with van der Waals surface area (Å²) in [4.78, 5) is 2.43. The van der Waals surface area contributed by atoms with Crippen LogP contribution < -0.4 is 10.6 Å². The van der Waals surface area contributed by atoms with Crippen LogP contribution in [0.5, 0.6) is 0 Å². The molecule has 1 heterocycles. The van der Waals surface area contributed by atoms with E-state index in [1.807, 2.05) is 0 Å². The van der Waals surface area contributed by atoms with Gasteiger partial charge >= 0.3 is 0 Å². The van der Waals surface area contributed by atoms with Crippen LogP contribution in [0.15, 0.2) is 42.5 Å². The monoisotopic (exact) mass is 300 g/mol. The highest BCUT2D eigenvalue weighted by Crippen LogP contribution is 2.26. The molecule has 0 amide bonds. The Hall–Kier alpha value is -1.51. The molecule has 0 spiro atoms. The molecule has 0 aliphatic carbocycles. The minimum absolute atomic E-state index is 0.637. The molecule has 2 aromatic rings. The average molecular weight is 301 g/mol. The first kappa shape index (κ1) is 14.4. The normalized spacial score (nSPS) is 14.7. The van der Waals surface area contributed by atoms with E-state index in [4.69, 9.17) is 17.3 Å². The zero-order chi connectivity index (χ0) is 14.7. The van der Waals surface area contributed by atoms with Crippen LogP contribution in [0.2, 0.25) is 5.02 Å². The quantitative estimate of drug-likeness (QED) is 0.941. The SMILES string of the molecule is NCCc1ccc(N2CCc3ccccc3CC2)cc1Cl. The van der Waals surface area contributed by atoms with Gasteiger partial charge in [-0.05, 0) is 54.6 Å². The second-order valence-corrected chi connectivity index (χ2v) is 5.98. The van der Waals surface area contributed by atoms with Crippen LogP contribution in [-0.2, 0) is 19.3 Å². The van der Waals surface area contributed by atoms with E-state index in [0.717, 1.165) is 42.9 Å². The molecule has 2 aromatic carbocycles. The molecular weight excluding hydrogens is 280 g/mol. The summed E-state index contributed by atoms with van der Waals surface area (Å²) in [5, 5.41) is 0.833. The van der Waals surface area contributed by atoms with E-state index in [-0.39, 0.29) is 0 Å². The van der Waals surface area contributed by atoms with Crippen LogP contribution in [0.4, 0.5) is 5.69 Å². The number of nitrogens with zero attached hydrogens (tertiary/aromatic N) is 1. The molecule has 0 saturated heterocycles. The number of halogens is 1. The van der Waals surface area contributed by atoms with Gasteiger partial charge in [-0.3, -0.25) is 0 Å². The maximum atomic E-state index is 6.38. The summed E-state index contributed by atoms with van der Waals surface area (Å²) in [6.07, 6.45) is 3.03. The number of hydrogen-bond donors (Lipinski definition) is 1. The van der Waals surface area contributed by atoms with E-state index in [9.17, 15) is 0 Å². The number of rotatable bonds is 3. The smallest absolute Gasteiger partial charge is 0.0459 e. The third-order valence-corrected chi connectivity index (χ3v) is 4.59. The molecule has 0 saturated carbocycles. The fraction of sp³-hybridized carbons (Fsp3) is 0.333. The van der Waals surface area contributed by atoms with E-state index in [1.165, 1.54) is 16.8 Å². The van der Waals surface area contributed by atoms with Gasteiger partial charge in [0.2, 0.25) is 0 Å². The number of fused-ring (bicyclic) bond motifs is 1. The molecular formula is C18H21ClN2. The first-order chi connectivity index (χ1) is 10.3. The molecule has 0 unspecified atom stereocenters. The largest absolute Gasteiger partial charge is 0.371 e. The number of nitrogens with two attached hydrogens (primary N) is 1. The lowest BCUT2D eigenvalue weighted by Crippen LogP contribution is -2.26. The maximum absolute atomic E-state index is 6.38. The number of benzene rings is 2. The maximum Gasteiger partial charge on any atom is 0.0459 e. The summed E-state index contributed by atoms with van der Waals surface area (Å²) in [7, 11) is 0. The summed E-state index contributed by atoms with van der Waals surface area (Å²) >= 11 is 6.38. The molecule has 1 aliphatic rings. The molecule has 0 aromatic heterocycles. The summed E-state index contributed by atoms with van der Waals surface area (Å²) in [5.41, 5.74) is 10.9. The molecule has 0 bridgehead atoms. The fourth-order valence-corrected chi connectivity index (χ4v) is 3.29. The van der Waals surface area contributed by atoms with Crippen LogP contribution >= 0.6 is 11.6 Å². The van der Waals surface area contributed by atoms with Crippen molar-refractivity contribution in [3.05, 3.63) is 64.2 Å². The predicted molar refractivity (Wildman–Crippen MR) is 90.3 cm³/mol. The van der Waals surface area contributed by atoms with Gasteiger partial charge in [0.15, 0.2) is 0 Å². The molecule has 0 radical (unpaired) electrons. The molecule has 0 atom stereocenters. The Morgan fingerprint density at radius 2 is 1.67 bits per heavy atom. The molecule has 3 heteroatoms. The van der Waals surface area contributed by atoms with Gasteiger partial charge in [0, 0.05) is 23.8 Å². The highest BCUT2D eigenvalue weighted by Gasteiger charge is 2.14. The van der Waals surface area contributed by atoms with Crippen LogP contribution in [0.25, 0.3) is 0 Å². The Morgan fingerprint density at radius 3 is 2.24 bits per heavy atom. The predicted octanol–water partition coefficient (Wildman–Crippen LogP) is 3.45. The molecule has 0 fully saturated rings. The second kappa shape index (κ2) is 6.50. The minimum Gasteiger partial charge on any atom is -0.371 e. The van der Waals surface area contributed by atoms with Gasteiger partial charge in [0.05, 0.1) is 0 Å². The van der Waals surface area contributed by atoms with Crippen molar-refractivity contribution in [1.29, 1.82) is 0 Å². The highest BCUT2D eigenvalue weighted by molar-refractivity contribution is 6.31. The van der Waals surface area contributed by atoms with Crippen LogP contribution in [0.1, 0.15) is 16.7 Å². The Labute approximate surface area is 131 Å². The van der Waals surface area contributed by atoms with Gasteiger partial charge in [-0.1, -0.05) is 41.9 Å². The molecule has 21 heavy (non-hydrogen) atoms. The third kappa shape index (κ3) is 3.22. The topological polar surface area (TPSA) is 29.3 Å².